The lowest BCUT2D eigenvalue weighted by atomic mass is 10.1. The van der Waals surface area contributed by atoms with Crippen LogP contribution in [-0.2, 0) is 6.54 Å². The van der Waals surface area contributed by atoms with Gasteiger partial charge in [-0.05, 0) is 24.5 Å². The highest BCUT2D eigenvalue weighted by atomic mass is 14.9. The lowest BCUT2D eigenvalue weighted by Gasteiger charge is -2.01. The van der Waals surface area contributed by atoms with E-state index >= 15 is 0 Å². The van der Waals surface area contributed by atoms with Gasteiger partial charge in [0.2, 0.25) is 0 Å². The molecule has 0 aliphatic rings. The van der Waals surface area contributed by atoms with Crippen LogP contribution in [0.1, 0.15) is 38.7 Å². The third-order valence-electron chi connectivity index (χ3n) is 2.89. The van der Waals surface area contributed by atoms with Gasteiger partial charge in [0.25, 0.3) is 0 Å². The second-order valence-electron chi connectivity index (χ2n) is 4.39. The van der Waals surface area contributed by atoms with E-state index in [4.69, 9.17) is 0 Å². The highest BCUT2D eigenvalue weighted by Gasteiger charge is 2.02. The first-order chi connectivity index (χ1) is 8.81. The van der Waals surface area contributed by atoms with Crippen LogP contribution in [0.25, 0.3) is 5.57 Å². The number of allylic oxidation sites excluding steroid dienone is 5. The number of hydrogen-bond donors (Lipinski definition) is 0. The summed E-state index contributed by atoms with van der Waals surface area (Å²) in [7, 11) is 0. The van der Waals surface area contributed by atoms with Crippen LogP contribution in [0.2, 0.25) is 0 Å². The molecule has 96 valence electrons. The van der Waals surface area contributed by atoms with Crippen LogP contribution in [-0.4, -0.2) is 0 Å². The topological polar surface area (TPSA) is 3.88 Å². The first-order valence-electron chi connectivity index (χ1n) is 6.76. The molecule has 18 heavy (non-hydrogen) atoms. The molecule has 1 aromatic heterocycles. The molecule has 0 N–H and O–H groups in total. The molecule has 0 saturated carbocycles. The molecule has 0 saturated heterocycles. The Morgan fingerprint density at radius 1 is 1.28 bits per heavy atom. The molecule has 0 bridgehead atoms. The van der Waals surface area contributed by atoms with Crippen molar-refractivity contribution in [3.8, 4) is 0 Å². The van der Waals surface area contributed by atoms with Gasteiger partial charge in [-0.25, -0.2) is 4.57 Å². The van der Waals surface area contributed by atoms with E-state index in [0.29, 0.717) is 0 Å². The van der Waals surface area contributed by atoms with E-state index in [1.165, 1.54) is 30.4 Å². The SMILES string of the molecule is C=C/C=C(\C=C/C)c1cc[n+](CCCCC)cc1. The second-order valence-corrected chi connectivity index (χ2v) is 4.39. The Balaban J connectivity index is 2.74. The molecule has 1 heterocycles. The number of unbranched alkanes of at least 4 members (excludes halogenated alkanes) is 2. The van der Waals surface area contributed by atoms with Crippen molar-refractivity contribution in [1.82, 2.24) is 0 Å². The van der Waals surface area contributed by atoms with E-state index in [0.717, 1.165) is 6.54 Å². The molecule has 0 fully saturated rings. The van der Waals surface area contributed by atoms with Crippen LogP contribution in [0.15, 0.2) is 55.4 Å². The van der Waals surface area contributed by atoms with E-state index < -0.39 is 0 Å². The molecule has 0 amide bonds. The summed E-state index contributed by atoms with van der Waals surface area (Å²) in [5.41, 5.74) is 2.44. The van der Waals surface area contributed by atoms with Gasteiger partial charge in [-0.3, -0.25) is 0 Å². The summed E-state index contributed by atoms with van der Waals surface area (Å²) in [5.74, 6) is 0. The predicted octanol–water partition coefficient (Wildman–Crippen LogP) is 4.31. The van der Waals surface area contributed by atoms with Gasteiger partial charge in [0.15, 0.2) is 12.4 Å². The number of hydrogen-bond acceptors (Lipinski definition) is 0. The summed E-state index contributed by atoms with van der Waals surface area (Å²) >= 11 is 0. The molecule has 1 rings (SSSR count). The van der Waals surface area contributed by atoms with Crippen LogP contribution >= 0.6 is 0 Å². The molecule has 0 aliphatic carbocycles. The minimum atomic E-state index is 1.11. The third-order valence-corrected chi connectivity index (χ3v) is 2.89. The Kier molecular flexibility index (Phi) is 6.78. The van der Waals surface area contributed by atoms with Gasteiger partial charge in [-0.15, -0.1) is 0 Å². The Hall–Kier alpha value is -1.63. The Labute approximate surface area is 111 Å². The maximum atomic E-state index is 3.76. The second kappa shape index (κ2) is 8.46. The monoisotopic (exact) mass is 242 g/mol. The van der Waals surface area contributed by atoms with Crippen molar-refractivity contribution in [2.24, 2.45) is 0 Å². The summed E-state index contributed by atoms with van der Waals surface area (Å²) in [4.78, 5) is 0. The predicted molar refractivity (Wildman–Crippen MR) is 79.2 cm³/mol. The molecular formula is C17H24N+. The minimum Gasteiger partial charge on any atom is -0.205 e. The third kappa shape index (κ3) is 4.70. The van der Waals surface area contributed by atoms with E-state index in [1.54, 1.807) is 0 Å². The van der Waals surface area contributed by atoms with Gasteiger partial charge in [-0.2, -0.15) is 0 Å². The highest BCUT2D eigenvalue weighted by molar-refractivity contribution is 5.74. The molecule has 0 aromatic carbocycles. The van der Waals surface area contributed by atoms with Crippen molar-refractivity contribution in [1.29, 1.82) is 0 Å². The summed E-state index contributed by atoms with van der Waals surface area (Å²) < 4.78 is 2.25. The summed E-state index contributed by atoms with van der Waals surface area (Å²) in [6.45, 7) is 9.14. The van der Waals surface area contributed by atoms with Crippen molar-refractivity contribution in [3.05, 3.63) is 61.0 Å². The van der Waals surface area contributed by atoms with Gasteiger partial charge in [-0.1, -0.05) is 44.2 Å². The van der Waals surface area contributed by atoms with E-state index in [9.17, 15) is 0 Å². The van der Waals surface area contributed by atoms with Crippen LogP contribution in [0.5, 0.6) is 0 Å². The molecule has 0 spiro atoms. The molecule has 1 heteroatoms. The average Bonchev–Trinajstić information content (AvgIpc) is 2.40. The molecule has 1 aromatic rings. The summed E-state index contributed by atoms with van der Waals surface area (Å²) in [6, 6.07) is 4.34. The number of nitrogens with zero attached hydrogens (tertiary/aromatic N) is 1. The molecule has 0 unspecified atom stereocenters. The fourth-order valence-corrected chi connectivity index (χ4v) is 1.90. The summed E-state index contributed by atoms with van der Waals surface area (Å²) in [6.07, 6.45) is 16.2. The Bertz CT molecular complexity index is 410. The molecular weight excluding hydrogens is 218 g/mol. The Morgan fingerprint density at radius 2 is 2.00 bits per heavy atom. The normalized spacial score (nSPS) is 12.0. The Morgan fingerprint density at radius 3 is 2.56 bits per heavy atom. The smallest absolute Gasteiger partial charge is 0.169 e. The molecule has 1 nitrogen and oxygen atoms in total. The summed E-state index contributed by atoms with van der Waals surface area (Å²) in [5, 5.41) is 0. The maximum Gasteiger partial charge on any atom is 0.169 e. The first kappa shape index (κ1) is 14.4. The van der Waals surface area contributed by atoms with E-state index in [2.05, 4.69) is 54.7 Å². The minimum absolute atomic E-state index is 1.11. The number of aromatic nitrogens is 1. The van der Waals surface area contributed by atoms with Crippen molar-refractivity contribution >= 4 is 5.57 Å². The van der Waals surface area contributed by atoms with Crippen molar-refractivity contribution in [2.45, 2.75) is 39.7 Å². The van der Waals surface area contributed by atoms with Gasteiger partial charge >= 0.3 is 0 Å². The molecule has 0 aliphatic heterocycles. The quantitative estimate of drug-likeness (QED) is 0.381. The van der Waals surface area contributed by atoms with Gasteiger partial charge in [0, 0.05) is 18.6 Å². The number of aryl methyl sites for hydroxylation is 1. The lowest BCUT2D eigenvalue weighted by molar-refractivity contribution is -0.697. The fraction of sp³-hybridized carbons (Fsp3) is 0.353. The maximum absolute atomic E-state index is 3.76. The van der Waals surface area contributed by atoms with Gasteiger partial charge in [0.05, 0.1) is 0 Å². The van der Waals surface area contributed by atoms with E-state index in [-0.39, 0.29) is 0 Å². The highest BCUT2D eigenvalue weighted by Crippen LogP contribution is 2.14. The average molecular weight is 242 g/mol. The fourth-order valence-electron chi connectivity index (χ4n) is 1.90. The number of pyridine rings is 1. The zero-order chi connectivity index (χ0) is 13.2. The van der Waals surface area contributed by atoms with Crippen LogP contribution in [0.4, 0.5) is 0 Å². The zero-order valence-electron chi connectivity index (χ0n) is 11.6. The zero-order valence-corrected chi connectivity index (χ0v) is 11.6. The van der Waals surface area contributed by atoms with Crippen molar-refractivity contribution in [3.63, 3.8) is 0 Å². The largest absolute Gasteiger partial charge is 0.205 e. The van der Waals surface area contributed by atoms with Gasteiger partial charge in [0.1, 0.15) is 6.54 Å². The van der Waals surface area contributed by atoms with Crippen molar-refractivity contribution in [2.75, 3.05) is 0 Å². The first-order valence-corrected chi connectivity index (χ1v) is 6.76. The van der Waals surface area contributed by atoms with Crippen LogP contribution < -0.4 is 4.57 Å². The lowest BCUT2D eigenvalue weighted by Crippen LogP contribution is -2.32. The van der Waals surface area contributed by atoms with Crippen molar-refractivity contribution < 1.29 is 4.57 Å². The number of rotatable bonds is 7. The molecule has 0 radical (unpaired) electrons. The van der Waals surface area contributed by atoms with Crippen LogP contribution in [0.3, 0.4) is 0 Å². The molecule has 0 atom stereocenters. The van der Waals surface area contributed by atoms with Gasteiger partial charge < -0.3 is 0 Å². The van der Waals surface area contributed by atoms with Crippen LogP contribution in [0, 0.1) is 0 Å². The van der Waals surface area contributed by atoms with E-state index in [1.807, 2.05) is 19.1 Å². The standard InChI is InChI=1S/C17H24N/c1-4-7-8-13-18-14-11-17(12-15-18)16(9-5-2)10-6-3/h5-6,9-12,14-15H,2,4,7-8,13H2,1,3H3/q+1/b10-6-,16-9+.